The molecule has 0 atom stereocenters. The van der Waals surface area contributed by atoms with Gasteiger partial charge in [0.25, 0.3) is 0 Å². The highest BCUT2D eigenvalue weighted by molar-refractivity contribution is 7.19. The van der Waals surface area contributed by atoms with E-state index in [0.717, 1.165) is 25.3 Å². The summed E-state index contributed by atoms with van der Waals surface area (Å²) in [4.78, 5) is 15.2. The minimum atomic E-state index is 0.820. The van der Waals surface area contributed by atoms with Crippen LogP contribution in [0.5, 0.6) is 0 Å². The Morgan fingerprint density at radius 3 is 2.62 bits per heavy atom. The number of anilines is 1. The Balaban J connectivity index is 1.64. The van der Waals surface area contributed by atoms with Crippen molar-refractivity contribution in [2.24, 2.45) is 0 Å². The topological polar surface area (TPSA) is 29.0 Å². The maximum Gasteiger partial charge on any atom is 0.141 e. The van der Waals surface area contributed by atoms with Crippen molar-refractivity contribution in [3.05, 3.63) is 52.2 Å². The number of hydrogen-bond acceptors (Lipinski definition) is 4. The Morgan fingerprint density at radius 2 is 1.79 bits per heavy atom. The van der Waals surface area contributed by atoms with Crippen LogP contribution in [-0.4, -0.2) is 23.1 Å². The quantitative estimate of drug-likeness (QED) is 0.711. The van der Waals surface area contributed by atoms with E-state index in [2.05, 4.69) is 35.2 Å². The van der Waals surface area contributed by atoms with E-state index in [1.54, 1.807) is 10.4 Å². The van der Waals surface area contributed by atoms with Gasteiger partial charge in [-0.05, 0) is 43.2 Å². The fourth-order valence-corrected chi connectivity index (χ4v) is 5.31. The number of aryl methyl sites for hydroxylation is 2. The molecule has 0 spiro atoms. The number of benzene rings is 1. The first kappa shape index (κ1) is 14.4. The lowest BCUT2D eigenvalue weighted by Crippen LogP contribution is -2.20. The second-order valence-corrected chi connectivity index (χ2v) is 7.94. The Bertz CT molecular complexity index is 879. The van der Waals surface area contributed by atoms with E-state index in [-0.39, 0.29) is 0 Å². The van der Waals surface area contributed by atoms with Crippen molar-refractivity contribution in [2.75, 3.05) is 18.0 Å². The van der Waals surface area contributed by atoms with Crippen molar-refractivity contribution >= 4 is 27.4 Å². The normalized spacial score (nSPS) is 16.9. The third kappa shape index (κ3) is 2.40. The van der Waals surface area contributed by atoms with Gasteiger partial charge >= 0.3 is 0 Å². The van der Waals surface area contributed by atoms with Crippen molar-refractivity contribution in [1.29, 1.82) is 0 Å². The van der Waals surface area contributed by atoms with Crippen LogP contribution in [-0.2, 0) is 19.3 Å². The molecule has 1 fully saturated rings. The number of aromatic nitrogens is 2. The Labute approximate surface area is 146 Å². The lowest BCUT2D eigenvalue weighted by atomic mass is 10.1. The standard InChI is InChI=1S/C20H21N3S/c1-2-7-14(8-3-1)13-17-21-19(23-11-4-5-12-23)18-15-9-6-10-16(15)24-20(18)22-17/h1-3,7-8H,4-6,9-13H2. The number of thiophene rings is 1. The van der Waals surface area contributed by atoms with Gasteiger partial charge in [-0.25, -0.2) is 9.97 Å². The molecular formula is C20H21N3S. The van der Waals surface area contributed by atoms with Crippen molar-refractivity contribution in [2.45, 2.75) is 38.5 Å². The Morgan fingerprint density at radius 1 is 0.958 bits per heavy atom. The van der Waals surface area contributed by atoms with Crippen LogP contribution in [0.1, 0.15) is 41.1 Å². The molecule has 0 bridgehead atoms. The van der Waals surface area contributed by atoms with Crippen LogP contribution in [0.3, 0.4) is 0 Å². The molecule has 2 aromatic heterocycles. The summed E-state index contributed by atoms with van der Waals surface area (Å²) < 4.78 is 0. The highest BCUT2D eigenvalue weighted by Crippen LogP contribution is 2.41. The molecule has 4 heteroatoms. The molecule has 122 valence electrons. The third-order valence-electron chi connectivity index (χ3n) is 5.20. The lowest BCUT2D eigenvalue weighted by molar-refractivity contribution is 0.899. The summed E-state index contributed by atoms with van der Waals surface area (Å²) in [6.07, 6.45) is 7.11. The van der Waals surface area contributed by atoms with E-state index in [0.29, 0.717) is 0 Å². The molecule has 3 nitrogen and oxygen atoms in total. The molecule has 0 saturated carbocycles. The smallest absolute Gasteiger partial charge is 0.141 e. The summed E-state index contributed by atoms with van der Waals surface area (Å²) in [5, 5.41) is 1.37. The zero-order valence-corrected chi connectivity index (χ0v) is 14.6. The molecule has 5 rings (SSSR count). The largest absolute Gasteiger partial charge is 0.356 e. The predicted molar refractivity (Wildman–Crippen MR) is 100 cm³/mol. The lowest BCUT2D eigenvalue weighted by Gasteiger charge is -2.19. The first-order valence-corrected chi connectivity index (χ1v) is 9.80. The highest BCUT2D eigenvalue weighted by Gasteiger charge is 2.25. The zero-order valence-electron chi connectivity index (χ0n) is 13.8. The van der Waals surface area contributed by atoms with Crippen molar-refractivity contribution in [3.8, 4) is 0 Å². The average Bonchev–Trinajstić information content (AvgIpc) is 3.32. The van der Waals surface area contributed by atoms with Gasteiger partial charge in [-0.1, -0.05) is 30.3 Å². The van der Waals surface area contributed by atoms with Gasteiger partial charge in [0, 0.05) is 24.4 Å². The van der Waals surface area contributed by atoms with Crippen LogP contribution in [0.2, 0.25) is 0 Å². The number of rotatable bonds is 3. The molecule has 0 unspecified atom stereocenters. The van der Waals surface area contributed by atoms with Gasteiger partial charge in [0.1, 0.15) is 16.5 Å². The van der Waals surface area contributed by atoms with Crippen LogP contribution >= 0.6 is 11.3 Å². The first-order chi connectivity index (χ1) is 11.9. The summed E-state index contributed by atoms with van der Waals surface area (Å²) in [5.41, 5.74) is 2.83. The Kier molecular flexibility index (Phi) is 3.51. The predicted octanol–water partition coefficient (Wildman–Crippen LogP) is 4.37. The molecule has 0 radical (unpaired) electrons. The number of nitrogens with zero attached hydrogens (tertiary/aromatic N) is 3. The van der Waals surface area contributed by atoms with Crippen molar-refractivity contribution in [3.63, 3.8) is 0 Å². The fraction of sp³-hybridized carbons (Fsp3) is 0.400. The van der Waals surface area contributed by atoms with Crippen LogP contribution in [0.25, 0.3) is 10.2 Å². The van der Waals surface area contributed by atoms with Crippen molar-refractivity contribution < 1.29 is 0 Å². The van der Waals surface area contributed by atoms with Crippen molar-refractivity contribution in [1.82, 2.24) is 9.97 Å². The molecule has 1 saturated heterocycles. The summed E-state index contributed by atoms with van der Waals surface area (Å²) in [5.74, 6) is 2.18. The van der Waals surface area contributed by atoms with Crippen LogP contribution < -0.4 is 4.90 Å². The molecule has 0 amide bonds. The van der Waals surface area contributed by atoms with Crippen LogP contribution in [0.15, 0.2) is 30.3 Å². The molecule has 24 heavy (non-hydrogen) atoms. The van der Waals surface area contributed by atoms with Gasteiger partial charge < -0.3 is 4.90 Å². The van der Waals surface area contributed by atoms with Gasteiger partial charge in [0.05, 0.1) is 5.39 Å². The molecule has 3 heterocycles. The fourth-order valence-electron chi connectivity index (χ4n) is 4.03. The molecule has 1 aliphatic carbocycles. The van der Waals surface area contributed by atoms with E-state index in [4.69, 9.17) is 9.97 Å². The Hall–Kier alpha value is -1.94. The van der Waals surface area contributed by atoms with Gasteiger partial charge in [-0.15, -0.1) is 11.3 Å². The molecule has 1 aromatic carbocycles. The van der Waals surface area contributed by atoms with Gasteiger partial charge in [0.15, 0.2) is 0 Å². The summed E-state index contributed by atoms with van der Waals surface area (Å²) in [7, 11) is 0. The average molecular weight is 335 g/mol. The van der Waals surface area contributed by atoms with Crippen LogP contribution in [0, 0.1) is 0 Å². The molecular weight excluding hydrogens is 314 g/mol. The van der Waals surface area contributed by atoms with E-state index in [1.165, 1.54) is 53.7 Å². The summed E-state index contributed by atoms with van der Waals surface area (Å²) in [6, 6.07) is 10.6. The van der Waals surface area contributed by atoms with Gasteiger partial charge in [-0.2, -0.15) is 0 Å². The second kappa shape index (κ2) is 5.85. The third-order valence-corrected chi connectivity index (χ3v) is 6.39. The number of fused-ring (bicyclic) bond motifs is 3. The van der Waals surface area contributed by atoms with E-state index < -0.39 is 0 Å². The van der Waals surface area contributed by atoms with E-state index in [9.17, 15) is 0 Å². The maximum atomic E-state index is 5.05. The minimum absolute atomic E-state index is 0.820. The highest BCUT2D eigenvalue weighted by atomic mass is 32.1. The second-order valence-electron chi connectivity index (χ2n) is 6.86. The van der Waals surface area contributed by atoms with E-state index in [1.807, 2.05) is 11.3 Å². The molecule has 2 aliphatic rings. The first-order valence-electron chi connectivity index (χ1n) is 8.98. The molecule has 0 N–H and O–H groups in total. The number of hydrogen-bond donors (Lipinski definition) is 0. The van der Waals surface area contributed by atoms with E-state index >= 15 is 0 Å². The molecule has 3 aromatic rings. The van der Waals surface area contributed by atoms with Gasteiger partial charge in [-0.3, -0.25) is 0 Å². The van der Waals surface area contributed by atoms with Crippen LogP contribution in [0.4, 0.5) is 5.82 Å². The molecule has 1 aliphatic heterocycles. The summed E-state index contributed by atoms with van der Waals surface area (Å²) >= 11 is 1.91. The SMILES string of the molecule is c1ccc(Cc2nc(N3CCCC3)c3c4c(sc3n2)CCC4)cc1. The minimum Gasteiger partial charge on any atom is -0.356 e. The van der Waals surface area contributed by atoms with Gasteiger partial charge in [0.2, 0.25) is 0 Å². The monoisotopic (exact) mass is 335 g/mol. The zero-order chi connectivity index (χ0) is 15.9. The maximum absolute atomic E-state index is 5.05. The summed E-state index contributed by atoms with van der Waals surface area (Å²) in [6.45, 7) is 2.28.